The normalized spacial score (nSPS) is 16.4. The van der Waals surface area contributed by atoms with Crippen molar-refractivity contribution in [2.75, 3.05) is 23.9 Å². The van der Waals surface area contributed by atoms with Crippen LogP contribution in [0.2, 0.25) is 0 Å². The van der Waals surface area contributed by atoms with Crippen LogP contribution in [0.5, 0.6) is 0 Å². The Morgan fingerprint density at radius 1 is 0.574 bits per heavy atom. The minimum Gasteiger partial charge on any atom is -0.744 e. The number of hydrogen-bond donors (Lipinski definition) is 0. The topological polar surface area (TPSA) is 129 Å². The van der Waals surface area contributed by atoms with Gasteiger partial charge in [0.25, 0.3) is 10.0 Å². The molecule has 4 heterocycles. The van der Waals surface area contributed by atoms with E-state index in [1.54, 1.807) is 24.3 Å². The quantitative estimate of drug-likeness (QED) is 0.109. The zero-order chi connectivity index (χ0) is 49.3. The van der Waals surface area contributed by atoms with E-state index in [1.165, 1.54) is 88.6 Å². The lowest BCUT2D eigenvalue weighted by atomic mass is 9.84. The smallest absolute Gasteiger partial charge is 0.262 e. The lowest BCUT2D eigenvalue weighted by Gasteiger charge is -2.23. The zero-order valence-electron chi connectivity index (χ0n) is 40.1. The van der Waals surface area contributed by atoms with Crippen molar-refractivity contribution in [3.8, 4) is 0 Å². The van der Waals surface area contributed by atoms with Gasteiger partial charge < -0.3 is 18.9 Å². The van der Waals surface area contributed by atoms with Crippen LogP contribution in [0, 0.1) is 13.8 Å². The zero-order valence-corrected chi connectivity index (χ0v) is 43.4. The molecule has 0 fully saturated rings. The third-order valence-electron chi connectivity index (χ3n) is 12.7. The summed E-state index contributed by atoms with van der Waals surface area (Å²) in [6.45, 7) is 19.3. The number of anilines is 2. The van der Waals surface area contributed by atoms with Crippen LogP contribution in [0.1, 0.15) is 73.8 Å². The number of fused-ring (bicyclic) bond motifs is 5. The van der Waals surface area contributed by atoms with E-state index in [-0.39, 0.29) is 20.6 Å². The van der Waals surface area contributed by atoms with Crippen molar-refractivity contribution in [1.82, 2.24) is 0 Å². The molecule has 0 bridgehead atoms. The molecule has 14 heteroatoms. The Kier molecular flexibility index (Phi) is 14.5. The van der Waals surface area contributed by atoms with Gasteiger partial charge in [-0.15, -0.1) is 0 Å². The molecular weight excluding hydrogens is 929 g/mol. The predicted octanol–water partition coefficient (Wildman–Crippen LogP) is 11.2. The molecule has 10 nitrogen and oxygen atoms in total. The van der Waals surface area contributed by atoms with Crippen LogP contribution < -0.4 is 18.9 Å². The van der Waals surface area contributed by atoms with Crippen molar-refractivity contribution in [2.24, 2.45) is 0 Å². The van der Waals surface area contributed by atoms with E-state index in [2.05, 4.69) is 172 Å². The fourth-order valence-electron chi connectivity index (χ4n) is 9.09. The number of thiazole rings is 2. The van der Waals surface area contributed by atoms with Crippen molar-refractivity contribution in [1.29, 1.82) is 0 Å². The van der Waals surface area contributed by atoms with Gasteiger partial charge in [-0.05, 0) is 93.4 Å². The average molecular weight is 987 g/mol. The minimum atomic E-state index is -4.27. The van der Waals surface area contributed by atoms with E-state index < -0.39 is 20.2 Å². The standard InChI is InChI=1S/C40H44N4S2.2C7H8O3S/c1-9-43-31-25-26-32-37(38(31)46-35(43)23-15-21-33-39(3,4)27-17-11-13-19-29(27)41(33)7)44(10-2)36(45-32)24-16-22-34-40(5,6)28-18-12-14-20-30(28)42(34)8;2*1-6-2-4-7(5-3-6)11(8,9)10/h11-26H,9-10H2,1-8H3;2*2-5H,1H3,(H,8,9,10)/q+2;;/p-2. The van der Waals surface area contributed by atoms with Crippen LogP contribution in [0.3, 0.4) is 0 Å². The number of aryl methyl sites for hydroxylation is 4. The average Bonchev–Trinajstić information content (AvgIpc) is 3.96. The Labute approximate surface area is 409 Å². The molecule has 0 aliphatic carbocycles. The molecule has 0 unspecified atom stereocenters. The van der Waals surface area contributed by atoms with Gasteiger partial charge in [0.2, 0.25) is 11.0 Å². The lowest BCUT2D eigenvalue weighted by molar-refractivity contribution is -0.667. The van der Waals surface area contributed by atoms with Crippen LogP contribution in [-0.2, 0) is 44.2 Å². The summed E-state index contributed by atoms with van der Waals surface area (Å²) in [6, 6.07) is 33.7. The largest absolute Gasteiger partial charge is 0.744 e. The van der Waals surface area contributed by atoms with Crippen molar-refractivity contribution in [3.63, 3.8) is 0 Å². The highest BCUT2D eigenvalue weighted by atomic mass is 32.2. The third-order valence-corrected chi connectivity index (χ3v) is 16.7. The monoisotopic (exact) mass is 986 g/mol. The second-order valence-corrected chi connectivity index (χ2v) is 22.7. The first-order valence-electron chi connectivity index (χ1n) is 22.4. The van der Waals surface area contributed by atoms with E-state index in [0.717, 1.165) is 24.2 Å². The van der Waals surface area contributed by atoms with Gasteiger partial charge in [-0.3, -0.25) is 0 Å². The highest BCUT2D eigenvalue weighted by Crippen LogP contribution is 2.48. The van der Waals surface area contributed by atoms with Crippen LogP contribution in [-0.4, -0.2) is 40.0 Å². The van der Waals surface area contributed by atoms with Gasteiger partial charge in [0, 0.05) is 65.9 Å². The fraction of sp³-hybridized carbons (Fsp3) is 0.259. The Bertz CT molecular complexity index is 3290. The Morgan fingerprint density at radius 2 is 0.985 bits per heavy atom. The van der Waals surface area contributed by atoms with Crippen molar-refractivity contribution in [3.05, 3.63) is 177 Å². The summed E-state index contributed by atoms with van der Waals surface area (Å²) in [7, 11) is -4.17. The van der Waals surface area contributed by atoms with Crippen LogP contribution >= 0.6 is 22.7 Å². The first-order valence-corrected chi connectivity index (χ1v) is 26.9. The van der Waals surface area contributed by atoms with E-state index >= 15 is 0 Å². The molecule has 2 aromatic heterocycles. The summed E-state index contributed by atoms with van der Waals surface area (Å²) in [6.07, 6.45) is 13.7. The van der Waals surface area contributed by atoms with Gasteiger partial charge in [-0.2, -0.15) is 9.13 Å². The van der Waals surface area contributed by atoms with Gasteiger partial charge in [0.1, 0.15) is 38.0 Å². The molecule has 0 saturated heterocycles. The van der Waals surface area contributed by atoms with Gasteiger partial charge in [-0.25, -0.2) is 16.8 Å². The summed E-state index contributed by atoms with van der Waals surface area (Å²) in [5.41, 5.74) is 12.5. The number of rotatable bonds is 8. The third kappa shape index (κ3) is 10.0. The SMILES string of the molecule is CC[n+]1c(/C=C/C=C2\N(C)c3ccccc3C2(C)C)sc2c1ccc1sc(/C=C/C=C3/N(C)c4ccccc4C3(C)C)[n+](CC)c12.Cc1ccc(S(=O)(=O)[O-])cc1.Cc1ccc(S(=O)(=O)[O-])cc1. The number of aromatic nitrogens is 2. The summed E-state index contributed by atoms with van der Waals surface area (Å²) in [5, 5.41) is 2.56. The molecule has 9 rings (SSSR count). The summed E-state index contributed by atoms with van der Waals surface area (Å²) in [5.74, 6) is 0. The number of benzene rings is 5. The maximum Gasteiger partial charge on any atom is 0.262 e. The molecular formula is C54H58N4O6S4. The number of nitrogens with zero attached hydrogens (tertiary/aromatic N) is 4. The fourth-order valence-corrected chi connectivity index (χ4v) is 12.5. The Balaban J connectivity index is 0.000000254. The van der Waals surface area contributed by atoms with Gasteiger partial charge >= 0.3 is 0 Å². The molecule has 2 aliphatic heterocycles. The van der Waals surface area contributed by atoms with Gasteiger partial charge in [-0.1, -0.05) is 134 Å². The second kappa shape index (κ2) is 19.7. The number of allylic oxidation sites excluding steroid dienone is 6. The van der Waals surface area contributed by atoms with Gasteiger partial charge in [0.05, 0.1) is 9.79 Å². The first kappa shape index (κ1) is 50.1. The molecule has 0 spiro atoms. The molecule has 0 N–H and O–H groups in total. The summed E-state index contributed by atoms with van der Waals surface area (Å²) < 4.78 is 70.0. The van der Waals surface area contributed by atoms with Gasteiger partial charge in [0.15, 0.2) is 4.70 Å². The van der Waals surface area contributed by atoms with E-state index in [1.807, 2.05) is 36.5 Å². The summed E-state index contributed by atoms with van der Waals surface area (Å²) >= 11 is 3.79. The second-order valence-electron chi connectivity index (χ2n) is 17.9. The lowest BCUT2D eigenvalue weighted by Crippen LogP contribution is -2.35. The van der Waals surface area contributed by atoms with Crippen LogP contribution in [0.25, 0.3) is 32.6 Å². The highest BCUT2D eigenvalue weighted by molar-refractivity contribution is 7.86. The maximum absolute atomic E-state index is 10.4. The number of hydrogen-bond acceptors (Lipinski definition) is 10. The highest BCUT2D eigenvalue weighted by Gasteiger charge is 2.39. The van der Waals surface area contributed by atoms with Crippen molar-refractivity contribution >= 4 is 86.9 Å². The molecule has 0 amide bonds. The molecule has 2 aliphatic rings. The minimum absolute atomic E-state index is 0.0275. The molecule has 354 valence electrons. The first-order chi connectivity index (χ1) is 32.1. The predicted molar refractivity (Wildman–Crippen MR) is 277 cm³/mol. The molecule has 5 aromatic carbocycles. The molecule has 0 atom stereocenters. The molecule has 68 heavy (non-hydrogen) atoms. The molecule has 0 saturated carbocycles. The Morgan fingerprint density at radius 3 is 1.38 bits per heavy atom. The van der Waals surface area contributed by atoms with Crippen LogP contribution in [0.15, 0.2) is 155 Å². The van der Waals surface area contributed by atoms with E-state index in [4.69, 9.17) is 0 Å². The maximum atomic E-state index is 10.4. The van der Waals surface area contributed by atoms with E-state index in [9.17, 15) is 25.9 Å². The Hall–Kier alpha value is -5.74. The van der Waals surface area contributed by atoms with Crippen LogP contribution in [0.4, 0.5) is 11.4 Å². The van der Waals surface area contributed by atoms with Crippen molar-refractivity contribution < 1.29 is 35.1 Å². The molecule has 7 aromatic rings. The van der Waals surface area contributed by atoms with E-state index in [0.29, 0.717) is 0 Å². The summed E-state index contributed by atoms with van der Waals surface area (Å²) in [4.78, 5) is 4.32. The molecule has 0 radical (unpaired) electrons. The number of para-hydroxylation sites is 2. The van der Waals surface area contributed by atoms with Crippen molar-refractivity contribution in [2.45, 2.75) is 89.1 Å². The number of likely N-dealkylation sites (N-methyl/N-ethyl adjacent to an activating group) is 2.